The number of benzene rings is 3. The fourth-order valence-corrected chi connectivity index (χ4v) is 3.87. The van der Waals surface area contributed by atoms with Gasteiger partial charge in [0, 0.05) is 35.5 Å². The zero-order valence-corrected chi connectivity index (χ0v) is 17.3. The summed E-state index contributed by atoms with van der Waals surface area (Å²) in [7, 11) is 3.45. The van der Waals surface area contributed by atoms with E-state index in [4.69, 9.17) is 9.84 Å². The number of amides is 1. The number of ether oxygens (including phenoxy) is 1. The van der Waals surface area contributed by atoms with Crippen molar-refractivity contribution < 1.29 is 9.53 Å². The van der Waals surface area contributed by atoms with Gasteiger partial charge in [0.1, 0.15) is 5.75 Å². The molecule has 1 amide bonds. The van der Waals surface area contributed by atoms with Crippen LogP contribution in [0.15, 0.2) is 85.1 Å². The summed E-state index contributed by atoms with van der Waals surface area (Å²) in [5, 5.41) is 4.85. The van der Waals surface area contributed by atoms with Crippen molar-refractivity contribution in [3.63, 3.8) is 0 Å². The number of aromatic nitrogens is 2. The Morgan fingerprint density at radius 1 is 0.903 bits per heavy atom. The van der Waals surface area contributed by atoms with Crippen LogP contribution in [0.3, 0.4) is 0 Å². The van der Waals surface area contributed by atoms with Gasteiger partial charge in [0.05, 0.1) is 24.2 Å². The molecule has 5 nitrogen and oxygen atoms in total. The molecule has 0 saturated carbocycles. The second-order valence-corrected chi connectivity index (χ2v) is 7.38. The first-order chi connectivity index (χ1) is 15.2. The Labute approximate surface area is 180 Å². The normalized spacial score (nSPS) is 14.2. The van der Waals surface area contributed by atoms with Crippen LogP contribution in [-0.2, 0) is 4.79 Å². The van der Waals surface area contributed by atoms with Gasteiger partial charge in [-0.2, -0.15) is 5.10 Å². The summed E-state index contributed by atoms with van der Waals surface area (Å²) in [4.78, 5) is 14.7. The lowest BCUT2D eigenvalue weighted by Gasteiger charge is -2.07. The highest BCUT2D eigenvalue weighted by Gasteiger charge is 2.29. The van der Waals surface area contributed by atoms with E-state index < -0.39 is 0 Å². The Kier molecular flexibility index (Phi) is 4.64. The molecule has 3 aromatic carbocycles. The zero-order valence-electron chi connectivity index (χ0n) is 17.3. The van der Waals surface area contributed by atoms with Gasteiger partial charge in [0.2, 0.25) is 0 Å². The van der Waals surface area contributed by atoms with Gasteiger partial charge >= 0.3 is 0 Å². The zero-order chi connectivity index (χ0) is 21.4. The van der Waals surface area contributed by atoms with Crippen molar-refractivity contribution in [3.8, 4) is 22.7 Å². The van der Waals surface area contributed by atoms with Crippen LogP contribution in [0.1, 0.15) is 11.1 Å². The van der Waals surface area contributed by atoms with Gasteiger partial charge in [-0.15, -0.1) is 0 Å². The minimum Gasteiger partial charge on any atom is -0.497 e. The molecule has 0 unspecified atom stereocenters. The first-order valence-electron chi connectivity index (χ1n) is 10.0. The number of anilines is 1. The summed E-state index contributed by atoms with van der Waals surface area (Å²) in [6.07, 6.45) is 3.91. The molecule has 4 aromatic rings. The maximum Gasteiger partial charge on any atom is 0.258 e. The topological polar surface area (TPSA) is 47.4 Å². The molecule has 2 heterocycles. The molecule has 0 fully saturated rings. The molecule has 0 saturated heterocycles. The number of carbonyl (C=O) groups excluding carboxylic acids is 1. The second-order valence-electron chi connectivity index (χ2n) is 7.38. The lowest BCUT2D eigenvalue weighted by molar-refractivity contribution is -0.112. The summed E-state index contributed by atoms with van der Waals surface area (Å²) >= 11 is 0. The van der Waals surface area contributed by atoms with Gasteiger partial charge in [0.25, 0.3) is 5.91 Å². The van der Waals surface area contributed by atoms with Crippen LogP contribution < -0.4 is 9.64 Å². The van der Waals surface area contributed by atoms with Gasteiger partial charge < -0.3 is 9.64 Å². The standard InChI is InChI=1S/C26H21N3O2/c1-28-24-11-7-6-10-22(24)23(26(28)30)16-19-17-29(20-8-4-3-5-9-20)27-25(19)18-12-14-21(31-2)15-13-18/h3-17H,1-2H3/b23-16-. The SMILES string of the molecule is COc1ccc(-c2nn(-c3ccccc3)cc2/C=C2\C(=O)N(C)c3ccccc32)cc1. The first-order valence-corrected chi connectivity index (χ1v) is 10.0. The third-order valence-corrected chi connectivity index (χ3v) is 5.52. The molecule has 31 heavy (non-hydrogen) atoms. The molecule has 1 aromatic heterocycles. The Hall–Kier alpha value is -4.12. The summed E-state index contributed by atoms with van der Waals surface area (Å²) < 4.78 is 7.14. The van der Waals surface area contributed by atoms with E-state index in [0.717, 1.165) is 39.5 Å². The predicted octanol–water partition coefficient (Wildman–Crippen LogP) is 5.06. The number of fused-ring (bicyclic) bond motifs is 1. The molecular formula is C26H21N3O2. The highest BCUT2D eigenvalue weighted by Crippen LogP contribution is 2.38. The third-order valence-electron chi connectivity index (χ3n) is 5.52. The smallest absolute Gasteiger partial charge is 0.258 e. The minimum absolute atomic E-state index is 0.0191. The van der Waals surface area contributed by atoms with Crippen molar-refractivity contribution in [2.24, 2.45) is 0 Å². The van der Waals surface area contributed by atoms with Crippen LogP contribution in [0, 0.1) is 0 Å². The van der Waals surface area contributed by atoms with Crippen LogP contribution in [0.4, 0.5) is 5.69 Å². The van der Waals surface area contributed by atoms with Crippen molar-refractivity contribution in [2.45, 2.75) is 0 Å². The van der Waals surface area contributed by atoms with Gasteiger partial charge in [-0.25, -0.2) is 4.68 Å². The van der Waals surface area contributed by atoms with Crippen molar-refractivity contribution in [1.29, 1.82) is 0 Å². The van der Waals surface area contributed by atoms with Gasteiger partial charge in [-0.05, 0) is 48.5 Å². The second kappa shape index (κ2) is 7.61. The average molecular weight is 407 g/mol. The monoisotopic (exact) mass is 407 g/mol. The Morgan fingerprint density at radius 2 is 1.61 bits per heavy atom. The van der Waals surface area contributed by atoms with Crippen molar-refractivity contribution in [1.82, 2.24) is 9.78 Å². The molecule has 0 N–H and O–H groups in total. The number of carbonyl (C=O) groups is 1. The Morgan fingerprint density at radius 3 is 2.35 bits per heavy atom. The quantitative estimate of drug-likeness (QED) is 0.444. The number of likely N-dealkylation sites (N-methyl/N-ethyl adjacent to an activating group) is 1. The lowest BCUT2D eigenvalue weighted by Crippen LogP contribution is -2.20. The van der Waals surface area contributed by atoms with Gasteiger partial charge in [0.15, 0.2) is 0 Å². The largest absolute Gasteiger partial charge is 0.497 e. The molecule has 0 radical (unpaired) electrons. The summed E-state index contributed by atoms with van der Waals surface area (Å²) in [5.74, 6) is 0.766. The molecule has 1 aliphatic rings. The first kappa shape index (κ1) is 18.9. The molecular weight excluding hydrogens is 386 g/mol. The van der Waals surface area contributed by atoms with Crippen LogP contribution in [0.2, 0.25) is 0 Å². The maximum absolute atomic E-state index is 13.0. The van der Waals surface area contributed by atoms with E-state index >= 15 is 0 Å². The molecule has 0 aliphatic carbocycles. The average Bonchev–Trinajstić information content (AvgIpc) is 3.35. The molecule has 5 rings (SSSR count). The minimum atomic E-state index is -0.0191. The molecule has 152 valence electrons. The third kappa shape index (κ3) is 3.30. The Bertz CT molecular complexity index is 1290. The van der Waals surface area contributed by atoms with E-state index in [2.05, 4.69) is 0 Å². The van der Waals surface area contributed by atoms with E-state index in [1.54, 1.807) is 19.1 Å². The van der Waals surface area contributed by atoms with E-state index in [0.29, 0.717) is 5.57 Å². The fourth-order valence-electron chi connectivity index (χ4n) is 3.87. The molecule has 0 atom stereocenters. The van der Waals surface area contributed by atoms with Gasteiger partial charge in [-0.3, -0.25) is 4.79 Å². The summed E-state index contributed by atoms with van der Waals surface area (Å²) in [6.45, 7) is 0. The lowest BCUT2D eigenvalue weighted by atomic mass is 10.0. The number of hydrogen-bond donors (Lipinski definition) is 0. The number of methoxy groups -OCH3 is 1. The number of nitrogens with zero attached hydrogens (tertiary/aromatic N) is 3. The van der Waals surface area contributed by atoms with Crippen LogP contribution >= 0.6 is 0 Å². The van der Waals surface area contributed by atoms with Crippen LogP contribution in [-0.4, -0.2) is 29.8 Å². The number of rotatable bonds is 4. The summed E-state index contributed by atoms with van der Waals surface area (Å²) in [5.41, 5.74) is 6.11. The molecule has 0 bridgehead atoms. The molecule has 5 heteroatoms. The highest BCUT2D eigenvalue weighted by atomic mass is 16.5. The van der Waals surface area contributed by atoms with Crippen molar-refractivity contribution in [2.75, 3.05) is 19.1 Å². The van der Waals surface area contributed by atoms with Gasteiger partial charge in [-0.1, -0.05) is 36.4 Å². The van der Waals surface area contributed by atoms with Crippen LogP contribution in [0.5, 0.6) is 5.75 Å². The number of para-hydroxylation sites is 2. The van der Waals surface area contributed by atoms with E-state index in [9.17, 15) is 4.79 Å². The van der Waals surface area contributed by atoms with Crippen molar-refractivity contribution in [3.05, 3.63) is 96.2 Å². The van der Waals surface area contributed by atoms with E-state index in [1.807, 2.05) is 95.8 Å². The van der Waals surface area contributed by atoms with Crippen LogP contribution in [0.25, 0.3) is 28.6 Å². The number of hydrogen-bond acceptors (Lipinski definition) is 3. The summed E-state index contributed by atoms with van der Waals surface area (Å²) in [6, 6.07) is 25.6. The maximum atomic E-state index is 13.0. The Balaban J connectivity index is 1.68. The fraction of sp³-hybridized carbons (Fsp3) is 0.0769. The highest BCUT2D eigenvalue weighted by molar-refractivity contribution is 6.35. The van der Waals surface area contributed by atoms with E-state index in [1.165, 1.54) is 0 Å². The molecule has 1 aliphatic heterocycles. The molecule has 0 spiro atoms. The van der Waals surface area contributed by atoms with Crippen molar-refractivity contribution >= 4 is 23.2 Å². The van der Waals surface area contributed by atoms with E-state index in [-0.39, 0.29) is 5.91 Å². The predicted molar refractivity (Wildman–Crippen MR) is 123 cm³/mol.